The number of rotatable bonds is 1. The van der Waals surface area contributed by atoms with Gasteiger partial charge in [0.25, 0.3) is 0 Å². The van der Waals surface area contributed by atoms with Crippen molar-refractivity contribution in [2.45, 2.75) is 38.5 Å². The Labute approximate surface area is 255 Å². The van der Waals surface area contributed by atoms with Gasteiger partial charge in [-0.3, -0.25) is 0 Å². The van der Waals surface area contributed by atoms with Crippen molar-refractivity contribution < 1.29 is 0 Å². The van der Waals surface area contributed by atoms with Crippen LogP contribution in [0, 0.1) is 3.57 Å². The number of aromatic nitrogens is 4. The van der Waals surface area contributed by atoms with E-state index in [4.69, 9.17) is 0 Å². The van der Waals surface area contributed by atoms with Gasteiger partial charge >= 0.3 is 0 Å². The number of imidazole rings is 2. The molecular weight excluding hydrogens is 615 g/mol. The summed E-state index contributed by atoms with van der Waals surface area (Å²) in [6.07, 6.45) is 10.7. The monoisotopic (exact) mass is 648 g/mol. The Morgan fingerprint density at radius 2 is 1.22 bits per heavy atom. The minimum absolute atomic E-state index is 0.0581. The largest absolute Gasteiger partial charge is 0.351 e. The lowest BCUT2D eigenvalue weighted by Crippen LogP contribution is -2.15. The molecule has 0 saturated heterocycles. The molecule has 6 aromatic rings. The molecule has 0 aliphatic heterocycles. The first kappa shape index (κ1) is 27.2. The van der Waals surface area contributed by atoms with Gasteiger partial charge in [-0.05, 0) is 91.4 Å². The Balaban J connectivity index is 0.000000128. The number of hydrogen-bond acceptors (Lipinski definition) is 2. The summed E-state index contributed by atoms with van der Waals surface area (Å²) in [6, 6.07) is 30.9. The van der Waals surface area contributed by atoms with Crippen LogP contribution in [0.2, 0.25) is 0 Å². The molecule has 0 amide bonds. The summed E-state index contributed by atoms with van der Waals surface area (Å²) in [4.78, 5) is 10.5. The third-order valence-electron chi connectivity index (χ3n) is 8.32. The molecule has 0 bridgehead atoms. The highest BCUT2D eigenvalue weighted by molar-refractivity contribution is 14.1. The number of fused-ring (bicyclic) bond motifs is 6. The summed E-state index contributed by atoms with van der Waals surface area (Å²) in [5.74, 6) is 0. The summed E-state index contributed by atoms with van der Waals surface area (Å²) in [7, 11) is 0. The van der Waals surface area contributed by atoms with Crippen molar-refractivity contribution in [2.24, 2.45) is 0 Å². The molecule has 4 aromatic carbocycles. The lowest BCUT2D eigenvalue weighted by Gasteiger charge is -2.21. The molecule has 2 aliphatic carbocycles. The first-order valence-electron chi connectivity index (χ1n) is 13.8. The van der Waals surface area contributed by atoms with Crippen LogP contribution >= 0.6 is 22.6 Å². The molecule has 204 valence electrons. The standard InChI is InChI=1S/C18H16N2.C15H13I.C3H4N2/c1-18(2)16-6-4-3-5-14(16)15-8-7-13(11-17(15)18)20-10-9-19-12-20;1-15(2)13-6-4-3-5-11(13)12-8-7-10(16)9-14(12)15;1-2-5-3-4-1/h3-12H,1-2H3;3-9H,1-2H3;1-3H,(H,4,5). The van der Waals surface area contributed by atoms with Crippen LogP contribution < -0.4 is 0 Å². The summed E-state index contributed by atoms with van der Waals surface area (Å²) < 4.78 is 3.37. The molecule has 0 saturated carbocycles. The lowest BCUT2D eigenvalue weighted by atomic mass is 9.82. The summed E-state index contributed by atoms with van der Waals surface area (Å²) in [5, 5.41) is 0. The van der Waals surface area contributed by atoms with Crippen molar-refractivity contribution in [3.63, 3.8) is 0 Å². The van der Waals surface area contributed by atoms with Gasteiger partial charge in [-0.25, -0.2) is 9.97 Å². The van der Waals surface area contributed by atoms with Crippen LogP contribution in [-0.2, 0) is 10.8 Å². The van der Waals surface area contributed by atoms with E-state index in [2.05, 4.69) is 155 Å². The smallest absolute Gasteiger partial charge is 0.0991 e. The molecular formula is C36H33IN4. The third kappa shape index (κ3) is 4.93. The van der Waals surface area contributed by atoms with Gasteiger partial charge in [-0.2, -0.15) is 0 Å². The van der Waals surface area contributed by atoms with Crippen molar-refractivity contribution in [2.75, 3.05) is 0 Å². The van der Waals surface area contributed by atoms with Gasteiger partial charge in [0, 0.05) is 44.9 Å². The third-order valence-corrected chi connectivity index (χ3v) is 8.99. The fraction of sp³-hybridized carbons (Fsp3) is 0.167. The highest BCUT2D eigenvalue weighted by Crippen LogP contribution is 2.49. The van der Waals surface area contributed by atoms with E-state index in [-0.39, 0.29) is 10.8 Å². The molecule has 41 heavy (non-hydrogen) atoms. The summed E-state index contributed by atoms with van der Waals surface area (Å²) in [6.45, 7) is 9.23. The first-order chi connectivity index (χ1) is 19.8. The second-order valence-electron chi connectivity index (χ2n) is 11.5. The molecule has 0 spiro atoms. The SMILES string of the molecule is CC1(C)c2ccccc2-c2ccc(-n3ccnc3)cc21.CC1(C)c2ccccc2-c2ccc(I)cc21.c1c[nH]cn1. The van der Waals surface area contributed by atoms with E-state index in [1.807, 2.05) is 18.7 Å². The maximum atomic E-state index is 4.13. The molecule has 0 atom stereocenters. The fourth-order valence-corrected chi connectivity index (χ4v) is 6.65. The van der Waals surface area contributed by atoms with Crippen LogP contribution in [-0.4, -0.2) is 19.5 Å². The quantitative estimate of drug-likeness (QED) is 0.181. The van der Waals surface area contributed by atoms with Crippen molar-refractivity contribution >= 4 is 22.6 Å². The Hall–Kier alpha value is -3.97. The average molecular weight is 649 g/mol. The van der Waals surface area contributed by atoms with E-state index in [9.17, 15) is 0 Å². The number of nitrogens with one attached hydrogen (secondary N) is 1. The molecule has 2 aromatic heterocycles. The van der Waals surface area contributed by atoms with Crippen LogP contribution in [0.25, 0.3) is 27.9 Å². The molecule has 0 fully saturated rings. The predicted octanol–water partition coefficient (Wildman–Crippen LogP) is 9.19. The number of nitrogens with zero attached hydrogens (tertiary/aromatic N) is 3. The van der Waals surface area contributed by atoms with Gasteiger partial charge in [-0.15, -0.1) is 0 Å². The van der Waals surface area contributed by atoms with E-state index < -0.39 is 0 Å². The average Bonchev–Trinajstić information content (AvgIpc) is 3.80. The Morgan fingerprint density at radius 1 is 0.634 bits per heavy atom. The van der Waals surface area contributed by atoms with E-state index >= 15 is 0 Å². The van der Waals surface area contributed by atoms with Crippen LogP contribution in [0.15, 0.2) is 122 Å². The maximum Gasteiger partial charge on any atom is 0.0991 e. The van der Waals surface area contributed by atoms with Gasteiger partial charge in [0.05, 0.1) is 12.7 Å². The van der Waals surface area contributed by atoms with Gasteiger partial charge in [0.15, 0.2) is 0 Å². The highest BCUT2D eigenvalue weighted by atomic mass is 127. The molecule has 0 radical (unpaired) electrons. The van der Waals surface area contributed by atoms with Gasteiger partial charge in [0.1, 0.15) is 0 Å². The number of aromatic amines is 1. The van der Waals surface area contributed by atoms with Crippen molar-refractivity contribution in [3.05, 3.63) is 148 Å². The zero-order chi connectivity index (χ0) is 28.6. The molecule has 8 rings (SSSR count). The van der Waals surface area contributed by atoms with Crippen LogP contribution in [0.4, 0.5) is 0 Å². The van der Waals surface area contributed by atoms with Gasteiger partial charge < -0.3 is 9.55 Å². The van der Waals surface area contributed by atoms with Crippen molar-refractivity contribution in [1.29, 1.82) is 0 Å². The molecule has 5 heteroatoms. The van der Waals surface area contributed by atoms with Crippen LogP contribution in [0.1, 0.15) is 49.9 Å². The molecule has 2 aliphatic rings. The van der Waals surface area contributed by atoms with Crippen LogP contribution in [0.3, 0.4) is 0 Å². The molecule has 0 unspecified atom stereocenters. The second-order valence-corrected chi connectivity index (χ2v) is 12.7. The lowest BCUT2D eigenvalue weighted by molar-refractivity contribution is 0.659. The fourth-order valence-electron chi connectivity index (χ4n) is 6.16. The number of hydrogen-bond donors (Lipinski definition) is 1. The minimum Gasteiger partial charge on any atom is -0.351 e. The molecule has 4 nitrogen and oxygen atoms in total. The zero-order valence-corrected chi connectivity index (χ0v) is 25.9. The highest BCUT2D eigenvalue weighted by Gasteiger charge is 2.36. The van der Waals surface area contributed by atoms with Gasteiger partial charge in [-0.1, -0.05) is 88.4 Å². The van der Waals surface area contributed by atoms with E-state index in [1.54, 1.807) is 18.7 Å². The van der Waals surface area contributed by atoms with E-state index in [0.717, 1.165) is 0 Å². The van der Waals surface area contributed by atoms with Crippen molar-refractivity contribution in [3.8, 4) is 27.9 Å². The maximum absolute atomic E-state index is 4.13. The number of benzene rings is 4. The molecule has 2 heterocycles. The summed E-state index contributed by atoms with van der Waals surface area (Å²) in [5.41, 5.74) is 12.6. The Kier molecular flexibility index (Phi) is 7.16. The molecule has 1 N–H and O–H groups in total. The predicted molar refractivity (Wildman–Crippen MR) is 176 cm³/mol. The first-order valence-corrected chi connectivity index (χ1v) is 14.9. The Bertz CT molecular complexity index is 1780. The second kappa shape index (κ2) is 10.8. The Morgan fingerprint density at radius 3 is 1.76 bits per heavy atom. The minimum atomic E-state index is 0.0581. The number of H-pyrrole nitrogens is 1. The summed E-state index contributed by atoms with van der Waals surface area (Å²) >= 11 is 2.39. The topological polar surface area (TPSA) is 46.5 Å². The van der Waals surface area contributed by atoms with E-state index in [0.29, 0.717) is 0 Å². The number of halogens is 1. The normalized spacial score (nSPS) is 14.4. The van der Waals surface area contributed by atoms with Crippen molar-refractivity contribution in [1.82, 2.24) is 19.5 Å². The van der Waals surface area contributed by atoms with E-state index in [1.165, 1.54) is 53.8 Å². The van der Waals surface area contributed by atoms with Crippen LogP contribution in [0.5, 0.6) is 0 Å². The van der Waals surface area contributed by atoms with Gasteiger partial charge in [0.2, 0.25) is 0 Å². The zero-order valence-electron chi connectivity index (χ0n) is 23.8.